The molecule has 14 heavy (non-hydrogen) atoms. The summed E-state index contributed by atoms with van der Waals surface area (Å²) in [6, 6.07) is 0. The van der Waals surface area contributed by atoms with E-state index in [9.17, 15) is 4.79 Å². The van der Waals surface area contributed by atoms with E-state index in [0.717, 1.165) is 32.1 Å². The number of aliphatic imine (C=N–C) groups is 1. The molecule has 0 saturated heterocycles. The first-order chi connectivity index (χ1) is 6.69. The SMILES string of the molecule is NC1=NC(=O)OC12CCCC21CCC1. The molecule has 1 aliphatic heterocycles. The highest BCUT2D eigenvalue weighted by atomic mass is 16.6. The minimum Gasteiger partial charge on any atom is -0.433 e. The van der Waals surface area contributed by atoms with Crippen molar-refractivity contribution in [2.24, 2.45) is 16.1 Å². The Labute approximate surface area is 82.5 Å². The van der Waals surface area contributed by atoms with E-state index >= 15 is 0 Å². The van der Waals surface area contributed by atoms with E-state index in [1.54, 1.807) is 0 Å². The van der Waals surface area contributed by atoms with Gasteiger partial charge < -0.3 is 10.5 Å². The van der Waals surface area contributed by atoms with Gasteiger partial charge in [-0.3, -0.25) is 0 Å². The molecule has 4 heteroatoms. The Bertz CT molecular complexity index is 333. The number of hydrogen-bond donors (Lipinski definition) is 1. The number of carbonyl (C=O) groups excluding carboxylic acids is 1. The van der Waals surface area contributed by atoms with Gasteiger partial charge in [0.25, 0.3) is 0 Å². The van der Waals surface area contributed by atoms with E-state index in [1.165, 1.54) is 6.42 Å². The molecular weight excluding hydrogens is 180 g/mol. The molecule has 76 valence electrons. The van der Waals surface area contributed by atoms with Crippen molar-refractivity contribution in [3.05, 3.63) is 0 Å². The van der Waals surface area contributed by atoms with Gasteiger partial charge in [-0.15, -0.1) is 0 Å². The summed E-state index contributed by atoms with van der Waals surface area (Å²) >= 11 is 0. The summed E-state index contributed by atoms with van der Waals surface area (Å²) in [5, 5.41) is 0. The maximum atomic E-state index is 11.2. The first-order valence-corrected chi connectivity index (χ1v) is 5.26. The van der Waals surface area contributed by atoms with Crippen molar-refractivity contribution in [2.45, 2.75) is 44.1 Å². The summed E-state index contributed by atoms with van der Waals surface area (Å²) in [5.41, 5.74) is 5.49. The Morgan fingerprint density at radius 2 is 1.86 bits per heavy atom. The highest BCUT2D eigenvalue weighted by Gasteiger charge is 2.64. The van der Waals surface area contributed by atoms with Crippen LogP contribution in [0.2, 0.25) is 0 Å². The molecule has 2 aliphatic carbocycles. The molecule has 0 aromatic carbocycles. The van der Waals surface area contributed by atoms with Gasteiger partial charge >= 0.3 is 6.09 Å². The molecule has 3 aliphatic rings. The second kappa shape index (κ2) is 2.30. The third-order valence-electron chi connectivity index (χ3n) is 4.24. The molecule has 0 aromatic rings. The third kappa shape index (κ3) is 0.713. The number of amides is 1. The summed E-state index contributed by atoms with van der Waals surface area (Å²) in [6.07, 6.45) is 6.11. The number of amidine groups is 1. The molecule has 2 spiro atoms. The van der Waals surface area contributed by atoms with Crippen molar-refractivity contribution in [2.75, 3.05) is 0 Å². The van der Waals surface area contributed by atoms with Gasteiger partial charge in [0.2, 0.25) is 0 Å². The van der Waals surface area contributed by atoms with Crippen LogP contribution in [0.15, 0.2) is 4.99 Å². The van der Waals surface area contributed by atoms with Gasteiger partial charge in [-0.2, -0.15) is 4.99 Å². The number of carbonyl (C=O) groups is 1. The van der Waals surface area contributed by atoms with Crippen molar-refractivity contribution >= 4 is 11.9 Å². The van der Waals surface area contributed by atoms with Crippen LogP contribution in [-0.2, 0) is 4.74 Å². The Morgan fingerprint density at radius 3 is 2.36 bits per heavy atom. The lowest BCUT2D eigenvalue weighted by atomic mass is 9.60. The zero-order valence-corrected chi connectivity index (χ0v) is 8.08. The van der Waals surface area contributed by atoms with E-state index in [4.69, 9.17) is 10.5 Å². The summed E-state index contributed by atoms with van der Waals surface area (Å²) in [5.74, 6) is 0.430. The quantitative estimate of drug-likeness (QED) is 0.636. The minimum absolute atomic E-state index is 0.146. The molecule has 2 N–H and O–H groups in total. The molecule has 1 unspecified atom stereocenters. The number of nitrogens with zero attached hydrogens (tertiary/aromatic N) is 1. The smallest absolute Gasteiger partial charge is 0.433 e. The topological polar surface area (TPSA) is 64.7 Å². The van der Waals surface area contributed by atoms with Crippen LogP contribution in [0.1, 0.15) is 38.5 Å². The highest BCUT2D eigenvalue weighted by Crippen LogP contribution is 2.61. The summed E-state index contributed by atoms with van der Waals surface area (Å²) < 4.78 is 5.41. The van der Waals surface area contributed by atoms with Crippen LogP contribution in [0.25, 0.3) is 0 Å². The molecule has 2 fully saturated rings. The highest BCUT2D eigenvalue weighted by molar-refractivity contribution is 6.02. The van der Waals surface area contributed by atoms with Crippen LogP contribution in [0.4, 0.5) is 4.79 Å². The van der Waals surface area contributed by atoms with Crippen molar-refractivity contribution < 1.29 is 9.53 Å². The van der Waals surface area contributed by atoms with E-state index in [2.05, 4.69) is 4.99 Å². The molecule has 4 nitrogen and oxygen atoms in total. The lowest BCUT2D eigenvalue weighted by molar-refractivity contribution is -0.0513. The fourth-order valence-corrected chi connectivity index (χ4v) is 3.37. The van der Waals surface area contributed by atoms with E-state index < -0.39 is 11.7 Å². The van der Waals surface area contributed by atoms with Gasteiger partial charge in [-0.25, -0.2) is 4.79 Å². The molecular formula is C10H14N2O2. The van der Waals surface area contributed by atoms with Crippen molar-refractivity contribution in [1.29, 1.82) is 0 Å². The third-order valence-corrected chi connectivity index (χ3v) is 4.24. The maximum Gasteiger partial charge on any atom is 0.436 e. The maximum absolute atomic E-state index is 11.2. The van der Waals surface area contributed by atoms with Gasteiger partial charge in [0.15, 0.2) is 11.4 Å². The predicted octanol–water partition coefficient (Wildman–Crippen LogP) is 1.59. The zero-order valence-electron chi connectivity index (χ0n) is 8.08. The summed E-state index contributed by atoms with van der Waals surface area (Å²) in [7, 11) is 0. The Kier molecular flexibility index (Phi) is 1.36. The fourth-order valence-electron chi connectivity index (χ4n) is 3.37. The van der Waals surface area contributed by atoms with Crippen LogP contribution in [0.3, 0.4) is 0 Å². The lowest BCUT2D eigenvalue weighted by Gasteiger charge is -2.48. The van der Waals surface area contributed by atoms with Gasteiger partial charge in [-0.1, -0.05) is 6.42 Å². The van der Waals surface area contributed by atoms with Crippen LogP contribution in [0, 0.1) is 5.41 Å². The van der Waals surface area contributed by atoms with Crippen molar-refractivity contribution in [3.8, 4) is 0 Å². The summed E-state index contributed by atoms with van der Waals surface area (Å²) in [6.45, 7) is 0. The van der Waals surface area contributed by atoms with Gasteiger partial charge in [0.1, 0.15) is 0 Å². The second-order valence-electron chi connectivity index (χ2n) is 4.68. The van der Waals surface area contributed by atoms with Crippen LogP contribution >= 0.6 is 0 Å². The average molecular weight is 194 g/mol. The number of fused-ring (bicyclic) bond motifs is 1. The Hall–Kier alpha value is -1.06. The lowest BCUT2D eigenvalue weighted by Crippen LogP contribution is -2.56. The molecule has 0 aromatic heterocycles. The number of ether oxygens (including phenoxy) is 1. The van der Waals surface area contributed by atoms with E-state index in [0.29, 0.717) is 5.84 Å². The summed E-state index contributed by atoms with van der Waals surface area (Å²) in [4.78, 5) is 14.9. The first-order valence-electron chi connectivity index (χ1n) is 5.26. The van der Waals surface area contributed by atoms with Gasteiger partial charge in [0, 0.05) is 5.41 Å². The normalized spacial score (nSPS) is 38.6. The van der Waals surface area contributed by atoms with Crippen molar-refractivity contribution in [1.82, 2.24) is 0 Å². The monoisotopic (exact) mass is 194 g/mol. The van der Waals surface area contributed by atoms with Gasteiger partial charge in [-0.05, 0) is 32.1 Å². The predicted molar refractivity (Wildman–Crippen MR) is 51.0 cm³/mol. The molecule has 3 rings (SSSR count). The molecule has 1 amide bonds. The molecule has 0 bridgehead atoms. The number of rotatable bonds is 0. The average Bonchev–Trinajstić information content (AvgIpc) is 2.54. The fraction of sp³-hybridized carbons (Fsp3) is 0.800. The van der Waals surface area contributed by atoms with Gasteiger partial charge in [0.05, 0.1) is 0 Å². The standard InChI is InChI=1S/C10H14N2O2/c11-7-10(14-8(13)12-7)6-2-5-9(10)3-1-4-9/h1-6H2,(H2,11,12,13). The number of hydrogen-bond acceptors (Lipinski definition) is 3. The second-order valence-corrected chi connectivity index (χ2v) is 4.68. The Morgan fingerprint density at radius 1 is 1.21 bits per heavy atom. The molecule has 1 atom stereocenters. The molecule has 2 saturated carbocycles. The van der Waals surface area contributed by atoms with E-state index in [1.807, 2.05) is 0 Å². The molecule has 1 heterocycles. The largest absolute Gasteiger partial charge is 0.436 e. The minimum atomic E-state index is -0.512. The number of nitrogens with two attached hydrogens (primary N) is 1. The zero-order chi connectivity index (χ0) is 9.81. The molecule has 0 radical (unpaired) electrons. The van der Waals surface area contributed by atoms with Crippen LogP contribution in [0.5, 0.6) is 0 Å². The van der Waals surface area contributed by atoms with Crippen LogP contribution < -0.4 is 5.73 Å². The first kappa shape index (κ1) is 8.26. The van der Waals surface area contributed by atoms with Crippen LogP contribution in [-0.4, -0.2) is 17.5 Å². The van der Waals surface area contributed by atoms with E-state index in [-0.39, 0.29) is 5.41 Å². The Balaban J connectivity index is 2.03. The van der Waals surface area contributed by atoms with Crippen molar-refractivity contribution in [3.63, 3.8) is 0 Å².